The number of nitrogen functional groups attached to an aromatic ring is 1. The van der Waals surface area contributed by atoms with Crippen molar-refractivity contribution >= 4 is 40.6 Å². The van der Waals surface area contributed by atoms with E-state index in [1.54, 1.807) is 0 Å². The van der Waals surface area contributed by atoms with Crippen LogP contribution >= 0.6 is 23.5 Å². The van der Waals surface area contributed by atoms with Crippen molar-refractivity contribution in [2.45, 2.75) is 55.1 Å². The summed E-state index contributed by atoms with van der Waals surface area (Å²) >= 11 is 0. The van der Waals surface area contributed by atoms with Crippen molar-refractivity contribution in [3.05, 3.63) is 16.7 Å². The molecule has 260 valence electrons. The van der Waals surface area contributed by atoms with Gasteiger partial charge in [-0.1, -0.05) is 0 Å². The van der Waals surface area contributed by atoms with Crippen LogP contribution in [0.4, 0.5) is 5.95 Å². The first-order valence-corrected chi connectivity index (χ1v) is 17.6. The molecule has 46 heavy (non-hydrogen) atoms. The van der Waals surface area contributed by atoms with Gasteiger partial charge in [0.2, 0.25) is 5.95 Å². The number of hydrogen-bond acceptors (Lipinski definition) is 18. The van der Waals surface area contributed by atoms with Crippen LogP contribution in [0.15, 0.2) is 11.1 Å². The second kappa shape index (κ2) is 13.6. The summed E-state index contributed by atoms with van der Waals surface area (Å²) in [6.07, 6.45) is -13.1. The topological polar surface area (TPSA) is 356 Å². The number of aliphatic hydroxyl groups is 3. The standard InChI is InChI=1S/C19H30N5O19P3/c20-19-22-16-12(17(28)23-19)21-6-24(16)18-13(27)15(11(40-18)5-39-45(32,33)41-9-3-36-1-7(9)25)43-46(34,35)38-4-10-14(8(26)2-37-10)42-44(29,30)31/h6-11,13-15,18,25-27H,1-5H2,(H,32,33)(H,34,35)(H2,29,30,31)(H3,20,22,23,28)/t7-,8-,9+,10+,11+,13+,14-,15+,18+/m0/s1. The van der Waals surface area contributed by atoms with Crippen molar-refractivity contribution in [1.29, 1.82) is 0 Å². The van der Waals surface area contributed by atoms with Crippen LogP contribution < -0.4 is 11.3 Å². The Morgan fingerprint density at radius 1 is 0.935 bits per heavy atom. The maximum absolute atomic E-state index is 13.0. The predicted octanol–water partition coefficient (Wildman–Crippen LogP) is -3.41. The highest BCUT2D eigenvalue weighted by atomic mass is 31.2. The molecule has 0 bridgehead atoms. The molecule has 0 aromatic carbocycles. The molecule has 11 atom stereocenters. The van der Waals surface area contributed by atoms with Gasteiger partial charge in [0.05, 0.1) is 39.4 Å². The van der Waals surface area contributed by atoms with Gasteiger partial charge in [-0.05, 0) is 0 Å². The van der Waals surface area contributed by atoms with Gasteiger partial charge in [-0.15, -0.1) is 0 Å². The Labute approximate surface area is 256 Å². The Kier molecular flexibility index (Phi) is 10.5. The number of fused-ring (bicyclic) bond motifs is 1. The molecule has 5 rings (SSSR count). The number of aliphatic hydroxyl groups excluding tert-OH is 3. The van der Waals surface area contributed by atoms with Crippen molar-refractivity contribution < 1.29 is 85.4 Å². The van der Waals surface area contributed by atoms with Gasteiger partial charge in [0, 0.05) is 0 Å². The zero-order chi connectivity index (χ0) is 33.6. The van der Waals surface area contributed by atoms with Crippen molar-refractivity contribution in [3.63, 3.8) is 0 Å². The number of nitrogens with one attached hydrogen (secondary N) is 1. The summed E-state index contributed by atoms with van der Waals surface area (Å²) in [4.78, 5) is 61.2. The number of aromatic nitrogens is 4. The number of imidazole rings is 1. The van der Waals surface area contributed by atoms with Gasteiger partial charge in [-0.25, -0.2) is 18.7 Å². The highest BCUT2D eigenvalue weighted by Gasteiger charge is 2.51. The average Bonchev–Trinajstić information content (AvgIpc) is 3.70. The fraction of sp³-hybridized carbons (Fsp3) is 0.737. The van der Waals surface area contributed by atoms with Gasteiger partial charge in [0.25, 0.3) is 5.56 Å². The summed E-state index contributed by atoms with van der Waals surface area (Å²) in [6, 6.07) is 0. The Hall–Kier alpha value is -1.76. The average molecular weight is 725 g/mol. The summed E-state index contributed by atoms with van der Waals surface area (Å²) in [5, 5.41) is 30.9. The number of ether oxygens (including phenoxy) is 3. The fourth-order valence-corrected chi connectivity index (χ4v) is 7.28. The Morgan fingerprint density at radius 2 is 1.61 bits per heavy atom. The lowest BCUT2D eigenvalue weighted by Gasteiger charge is -2.25. The van der Waals surface area contributed by atoms with Gasteiger partial charge >= 0.3 is 23.5 Å². The van der Waals surface area contributed by atoms with E-state index in [9.17, 15) is 43.6 Å². The highest BCUT2D eigenvalue weighted by Crippen LogP contribution is 2.51. The molecule has 0 amide bonds. The monoisotopic (exact) mass is 725 g/mol. The molecule has 3 aliphatic heterocycles. The number of anilines is 1. The van der Waals surface area contributed by atoms with Crippen LogP contribution in [0, 0.1) is 0 Å². The molecule has 24 nitrogen and oxygen atoms in total. The first-order valence-electron chi connectivity index (χ1n) is 13.1. The van der Waals surface area contributed by atoms with E-state index in [0.29, 0.717) is 0 Å². The molecule has 3 fully saturated rings. The summed E-state index contributed by atoms with van der Waals surface area (Å²) in [7, 11) is -15.3. The number of aromatic amines is 1. The van der Waals surface area contributed by atoms with Crippen LogP contribution in [0.1, 0.15) is 6.23 Å². The number of rotatable bonds is 13. The molecule has 3 aliphatic rings. The van der Waals surface area contributed by atoms with Gasteiger partial charge in [0.15, 0.2) is 17.4 Å². The third kappa shape index (κ3) is 8.26. The molecule has 27 heteroatoms. The molecule has 2 unspecified atom stereocenters. The van der Waals surface area contributed by atoms with Crippen LogP contribution in [0.5, 0.6) is 0 Å². The Bertz CT molecular complexity index is 1600. The van der Waals surface area contributed by atoms with Crippen LogP contribution in [-0.2, 0) is 50.5 Å². The van der Waals surface area contributed by atoms with E-state index in [0.717, 1.165) is 10.9 Å². The van der Waals surface area contributed by atoms with Crippen LogP contribution in [0.3, 0.4) is 0 Å². The minimum atomic E-state index is -5.26. The lowest BCUT2D eigenvalue weighted by atomic mass is 10.1. The molecule has 2 aromatic rings. The molecule has 0 saturated carbocycles. The van der Waals surface area contributed by atoms with Gasteiger partial charge in [0.1, 0.15) is 48.8 Å². The zero-order valence-electron chi connectivity index (χ0n) is 23.1. The van der Waals surface area contributed by atoms with Crippen LogP contribution in [-0.4, -0.2) is 136 Å². The normalized spacial score (nSPS) is 34.6. The van der Waals surface area contributed by atoms with Crippen LogP contribution in [0.2, 0.25) is 0 Å². The number of H-pyrrole nitrogens is 1. The summed E-state index contributed by atoms with van der Waals surface area (Å²) < 4.78 is 78.0. The second-order valence-electron chi connectivity index (χ2n) is 10.2. The first-order chi connectivity index (χ1) is 21.4. The second-order valence-corrected chi connectivity index (χ2v) is 14.2. The Morgan fingerprint density at radius 3 is 2.26 bits per heavy atom. The number of nitrogens with two attached hydrogens (primary N) is 1. The maximum atomic E-state index is 13.0. The Balaban J connectivity index is 1.34. The zero-order valence-corrected chi connectivity index (χ0v) is 25.8. The van der Waals surface area contributed by atoms with E-state index in [2.05, 4.69) is 19.5 Å². The molecule has 0 radical (unpaired) electrons. The van der Waals surface area contributed by atoms with E-state index >= 15 is 0 Å². The van der Waals surface area contributed by atoms with Gasteiger partial charge in [-0.2, -0.15) is 4.98 Å². The summed E-state index contributed by atoms with van der Waals surface area (Å²) in [6.45, 7) is -2.69. The molecular formula is C19H30N5O19P3. The minimum absolute atomic E-state index is 0.163. The first kappa shape index (κ1) is 35.5. The van der Waals surface area contributed by atoms with Crippen molar-refractivity contribution in [3.8, 4) is 0 Å². The molecular weight excluding hydrogens is 695 g/mol. The lowest BCUT2D eigenvalue weighted by molar-refractivity contribution is -0.0546. The van der Waals surface area contributed by atoms with E-state index in [1.807, 2.05) is 0 Å². The molecule has 0 spiro atoms. The molecule has 5 heterocycles. The van der Waals surface area contributed by atoms with Crippen LogP contribution in [0.25, 0.3) is 11.2 Å². The van der Waals surface area contributed by atoms with Gasteiger partial charge in [-0.3, -0.25) is 37.0 Å². The van der Waals surface area contributed by atoms with E-state index < -0.39 is 104 Å². The van der Waals surface area contributed by atoms with E-state index in [-0.39, 0.29) is 30.3 Å². The lowest BCUT2D eigenvalue weighted by Crippen LogP contribution is -2.37. The quantitative estimate of drug-likeness (QED) is 0.0908. The molecule has 10 N–H and O–H groups in total. The molecule has 3 saturated heterocycles. The van der Waals surface area contributed by atoms with E-state index in [4.69, 9.17) is 47.8 Å². The molecule has 2 aromatic heterocycles. The summed E-state index contributed by atoms with van der Waals surface area (Å²) in [5.41, 5.74) is 4.46. The predicted molar refractivity (Wildman–Crippen MR) is 143 cm³/mol. The number of phosphoric acid groups is 3. The smallest absolute Gasteiger partial charge is 0.388 e. The van der Waals surface area contributed by atoms with E-state index in [1.165, 1.54) is 0 Å². The van der Waals surface area contributed by atoms with Crippen molar-refractivity contribution in [2.75, 3.05) is 38.8 Å². The SMILES string of the molecule is Nc1nc2c(ncn2[C@@H]2O[C@H](COP(=O)(O)O[C@@H]3COC[C@@H]3O)[C@@H](OP(=O)(O)OC[C@H]3OC[C@H](O)[C@@H]3OP(=O)(O)O)[C@H]2O)c(=O)[nH]1. The van der Waals surface area contributed by atoms with Crippen molar-refractivity contribution in [2.24, 2.45) is 0 Å². The van der Waals surface area contributed by atoms with Crippen molar-refractivity contribution in [1.82, 2.24) is 19.5 Å². The fourth-order valence-electron chi connectivity index (χ4n) is 4.79. The number of phosphoric ester groups is 3. The summed E-state index contributed by atoms with van der Waals surface area (Å²) in [5.74, 6) is -0.329. The molecule has 0 aliphatic carbocycles. The number of hydrogen-bond donors (Lipinski definition) is 9. The third-order valence-electron chi connectivity index (χ3n) is 6.85. The maximum Gasteiger partial charge on any atom is 0.472 e. The third-order valence-corrected chi connectivity index (χ3v) is 9.36. The minimum Gasteiger partial charge on any atom is -0.388 e. The largest absolute Gasteiger partial charge is 0.472 e. The van der Waals surface area contributed by atoms with Gasteiger partial charge < -0.3 is 54.8 Å². The number of nitrogens with zero attached hydrogens (tertiary/aromatic N) is 3. The highest BCUT2D eigenvalue weighted by molar-refractivity contribution is 7.47.